The highest BCUT2D eigenvalue weighted by atomic mass is 16.7. The van der Waals surface area contributed by atoms with Crippen LogP contribution in [0.15, 0.2) is 41.2 Å². The predicted molar refractivity (Wildman–Crippen MR) is 146 cm³/mol. The summed E-state index contributed by atoms with van der Waals surface area (Å²) in [6, 6.07) is 12.1. The van der Waals surface area contributed by atoms with Gasteiger partial charge < -0.3 is 14.5 Å². The van der Waals surface area contributed by atoms with Crippen molar-refractivity contribution < 1.29 is 9.47 Å². The van der Waals surface area contributed by atoms with Crippen LogP contribution in [-0.2, 0) is 18.6 Å². The summed E-state index contributed by atoms with van der Waals surface area (Å²) < 4.78 is 13.1. The van der Waals surface area contributed by atoms with E-state index in [9.17, 15) is 4.79 Å². The molecule has 1 aliphatic heterocycles. The van der Waals surface area contributed by atoms with E-state index in [0.29, 0.717) is 18.7 Å². The van der Waals surface area contributed by atoms with Crippen molar-refractivity contribution in [3.05, 3.63) is 74.8 Å². The first-order valence-corrected chi connectivity index (χ1v) is 13.2. The number of hydrogen-bond acceptors (Lipinski definition) is 7. The first-order valence-electron chi connectivity index (χ1n) is 13.2. The average molecular weight is 517 g/mol. The summed E-state index contributed by atoms with van der Waals surface area (Å²) in [5.74, 6) is 2.28. The van der Waals surface area contributed by atoms with Crippen LogP contribution in [0.1, 0.15) is 74.7 Å². The molecular formula is C29H36N6O3. The normalized spacial score (nSPS) is 14.0. The summed E-state index contributed by atoms with van der Waals surface area (Å²) in [5.41, 5.74) is 4.58. The largest absolute Gasteiger partial charge is 0.454 e. The second-order valence-corrected chi connectivity index (χ2v) is 10.7. The number of aromatic amines is 1. The number of aryl methyl sites for hydroxylation is 2. The molecule has 2 aromatic heterocycles. The Balaban J connectivity index is 1.57. The topological polar surface area (TPSA) is 98.2 Å². The molecule has 0 fully saturated rings. The van der Waals surface area contributed by atoms with E-state index in [1.165, 1.54) is 0 Å². The third-order valence-electron chi connectivity index (χ3n) is 7.88. The highest BCUT2D eigenvalue weighted by Gasteiger charge is 2.31. The maximum absolute atomic E-state index is 13.3. The van der Waals surface area contributed by atoms with Crippen LogP contribution in [0.5, 0.6) is 11.5 Å². The number of nitrogens with zero attached hydrogens (tertiary/aromatic N) is 5. The van der Waals surface area contributed by atoms with E-state index >= 15 is 0 Å². The summed E-state index contributed by atoms with van der Waals surface area (Å²) in [4.78, 5) is 18.8. The van der Waals surface area contributed by atoms with Gasteiger partial charge in [0.1, 0.15) is 0 Å². The minimum Gasteiger partial charge on any atom is -0.454 e. The Bertz CT molecular complexity index is 1520. The fourth-order valence-corrected chi connectivity index (χ4v) is 5.04. The van der Waals surface area contributed by atoms with Gasteiger partial charge in [0.25, 0.3) is 5.56 Å². The van der Waals surface area contributed by atoms with Crippen LogP contribution >= 0.6 is 0 Å². The number of tetrazole rings is 1. The van der Waals surface area contributed by atoms with Gasteiger partial charge in [-0.3, -0.25) is 9.69 Å². The molecule has 1 aliphatic rings. The number of fused-ring (bicyclic) bond motifs is 2. The third kappa shape index (κ3) is 4.78. The van der Waals surface area contributed by atoms with E-state index in [1.54, 1.807) is 0 Å². The third-order valence-corrected chi connectivity index (χ3v) is 7.88. The van der Waals surface area contributed by atoms with Gasteiger partial charge in [0.05, 0.1) is 17.1 Å². The fraction of sp³-hybridized carbons (Fsp3) is 0.448. The molecule has 0 saturated heterocycles. The van der Waals surface area contributed by atoms with Crippen LogP contribution in [0.4, 0.5) is 0 Å². The molecule has 0 amide bonds. The number of pyridine rings is 1. The van der Waals surface area contributed by atoms with E-state index in [-0.39, 0.29) is 23.9 Å². The van der Waals surface area contributed by atoms with Gasteiger partial charge in [-0.05, 0) is 91.2 Å². The molecule has 38 heavy (non-hydrogen) atoms. The summed E-state index contributed by atoms with van der Waals surface area (Å²) in [6.45, 7) is 13.9. The smallest absolute Gasteiger partial charge is 0.252 e. The Labute approximate surface area is 222 Å². The van der Waals surface area contributed by atoms with Gasteiger partial charge in [0, 0.05) is 18.7 Å². The van der Waals surface area contributed by atoms with Crippen LogP contribution in [0, 0.1) is 13.8 Å². The molecule has 9 heteroatoms. The van der Waals surface area contributed by atoms with Crippen molar-refractivity contribution in [3.8, 4) is 11.5 Å². The van der Waals surface area contributed by atoms with Crippen LogP contribution in [0.2, 0.25) is 0 Å². The molecule has 0 spiro atoms. The second-order valence-electron chi connectivity index (χ2n) is 10.7. The summed E-state index contributed by atoms with van der Waals surface area (Å²) in [7, 11) is 0. The molecule has 1 N–H and O–H groups in total. The van der Waals surface area contributed by atoms with Crippen molar-refractivity contribution in [2.24, 2.45) is 0 Å². The molecule has 3 heterocycles. The highest BCUT2D eigenvalue weighted by molar-refractivity contribution is 5.83. The minimum absolute atomic E-state index is 0.0785. The predicted octanol–water partition coefficient (Wildman–Crippen LogP) is 5.16. The second kappa shape index (κ2) is 10.2. The summed E-state index contributed by atoms with van der Waals surface area (Å²) in [6.07, 6.45) is 1.65. The number of nitrogens with one attached hydrogen (secondary N) is 1. The van der Waals surface area contributed by atoms with E-state index in [4.69, 9.17) is 9.47 Å². The van der Waals surface area contributed by atoms with Crippen LogP contribution in [0.25, 0.3) is 10.9 Å². The lowest BCUT2D eigenvalue weighted by Gasteiger charge is -2.33. The molecule has 1 atom stereocenters. The van der Waals surface area contributed by atoms with Crippen LogP contribution < -0.4 is 15.0 Å². The van der Waals surface area contributed by atoms with Crippen LogP contribution in [0.3, 0.4) is 0 Å². The van der Waals surface area contributed by atoms with E-state index in [1.807, 2.05) is 35.9 Å². The molecule has 0 radical (unpaired) electrons. The molecule has 0 bridgehead atoms. The van der Waals surface area contributed by atoms with E-state index < -0.39 is 0 Å². The zero-order valence-corrected chi connectivity index (χ0v) is 23.0. The van der Waals surface area contributed by atoms with Gasteiger partial charge in [-0.2, -0.15) is 0 Å². The Kier molecular flexibility index (Phi) is 6.96. The van der Waals surface area contributed by atoms with Gasteiger partial charge >= 0.3 is 0 Å². The van der Waals surface area contributed by atoms with Gasteiger partial charge in [-0.25, -0.2) is 4.68 Å². The van der Waals surface area contributed by atoms with Crippen molar-refractivity contribution in [2.45, 2.75) is 79.1 Å². The lowest BCUT2D eigenvalue weighted by atomic mass is 10.0. The molecule has 0 aliphatic carbocycles. The number of aromatic nitrogens is 5. The fourth-order valence-electron chi connectivity index (χ4n) is 5.04. The maximum atomic E-state index is 13.3. The number of rotatable bonds is 9. The number of H-pyrrole nitrogens is 1. The zero-order chi connectivity index (χ0) is 27.0. The lowest BCUT2D eigenvalue weighted by Crippen LogP contribution is -2.36. The van der Waals surface area contributed by atoms with Crippen molar-refractivity contribution >= 4 is 10.9 Å². The van der Waals surface area contributed by atoms with Crippen molar-refractivity contribution in [1.82, 2.24) is 30.1 Å². The van der Waals surface area contributed by atoms with Gasteiger partial charge in [-0.1, -0.05) is 32.0 Å². The van der Waals surface area contributed by atoms with E-state index in [0.717, 1.165) is 57.8 Å². The molecule has 2 aromatic carbocycles. The van der Waals surface area contributed by atoms with Gasteiger partial charge in [0.15, 0.2) is 17.3 Å². The molecule has 0 unspecified atom stereocenters. The molecule has 4 aromatic rings. The number of hydrogen-bond donors (Lipinski definition) is 1. The van der Waals surface area contributed by atoms with Gasteiger partial charge in [-0.15, -0.1) is 5.10 Å². The molecule has 9 nitrogen and oxygen atoms in total. The highest BCUT2D eigenvalue weighted by Crippen LogP contribution is 2.35. The Morgan fingerprint density at radius 2 is 1.87 bits per heavy atom. The monoisotopic (exact) mass is 516 g/mol. The average Bonchev–Trinajstić information content (AvgIpc) is 3.58. The summed E-state index contributed by atoms with van der Waals surface area (Å²) >= 11 is 0. The van der Waals surface area contributed by atoms with Crippen molar-refractivity contribution in [1.29, 1.82) is 0 Å². The minimum atomic E-state index is -0.244. The lowest BCUT2D eigenvalue weighted by molar-refractivity contribution is 0.150. The molecule has 200 valence electrons. The number of benzene rings is 2. The number of ether oxygens (including phenoxy) is 2. The maximum Gasteiger partial charge on any atom is 0.252 e. The molecular weight excluding hydrogens is 480 g/mol. The van der Waals surface area contributed by atoms with E-state index in [2.05, 4.69) is 72.2 Å². The quantitative estimate of drug-likeness (QED) is 0.328. The Hall–Kier alpha value is -3.72. The van der Waals surface area contributed by atoms with Crippen molar-refractivity contribution in [3.63, 3.8) is 0 Å². The Morgan fingerprint density at radius 3 is 2.63 bits per heavy atom. The van der Waals surface area contributed by atoms with Crippen LogP contribution in [-0.4, -0.2) is 36.9 Å². The van der Waals surface area contributed by atoms with Gasteiger partial charge in [0.2, 0.25) is 6.79 Å². The molecule has 5 rings (SSSR count). The summed E-state index contributed by atoms with van der Waals surface area (Å²) in [5, 5.41) is 13.9. The SMILES string of the molecule is CC[C@H](c1nnnn1C(C)(C)CC)N(Cc1ccc2c(c1)OCO2)Cc1cc2ccc(C)c(C)c2[nH]c1=O. The Morgan fingerprint density at radius 1 is 1.08 bits per heavy atom. The molecule has 0 saturated carbocycles. The zero-order valence-electron chi connectivity index (χ0n) is 23.0. The van der Waals surface area contributed by atoms with Crippen molar-refractivity contribution in [2.75, 3.05) is 6.79 Å². The first-order chi connectivity index (χ1) is 18.2. The standard InChI is InChI=1S/C29H36N6O3/c1-7-23(27-31-32-33-35(27)29(5,6)8-2)34(15-20-10-12-24-25(13-20)38-17-37-24)16-22-14-21-11-9-18(3)19(4)26(21)30-28(22)36/h9-14,23H,7-8,15-17H2,1-6H3,(H,30,36)/t23-/m1/s1. The first kappa shape index (κ1) is 25.9.